The van der Waals surface area contributed by atoms with E-state index in [-0.39, 0.29) is 24.2 Å². The molecule has 0 radical (unpaired) electrons. The minimum Gasteiger partial charge on any atom is -0.508 e. The Labute approximate surface area is 113 Å². The Balaban J connectivity index is 0.00000162. The van der Waals surface area contributed by atoms with Gasteiger partial charge in [-0.1, -0.05) is 25.1 Å². The number of phenols is 1. The summed E-state index contributed by atoms with van der Waals surface area (Å²) in [6, 6.07) is 10.6. The number of rotatable bonds is 3. The molecule has 98 valence electrons. The monoisotopic (exact) mass is 267 g/mol. The third-order valence-corrected chi connectivity index (χ3v) is 3.07. The van der Waals surface area contributed by atoms with Crippen LogP contribution in [0.25, 0.3) is 10.8 Å². The second-order valence-corrected chi connectivity index (χ2v) is 4.29. The molecule has 0 saturated heterocycles. The number of aliphatic hydroxyl groups is 1. The molecule has 0 aromatic heterocycles. The van der Waals surface area contributed by atoms with E-state index in [1.807, 2.05) is 31.2 Å². The van der Waals surface area contributed by atoms with Gasteiger partial charge < -0.3 is 15.9 Å². The Morgan fingerprint density at radius 2 is 1.72 bits per heavy atom. The Bertz CT molecular complexity index is 530. The van der Waals surface area contributed by atoms with E-state index in [1.165, 1.54) is 0 Å². The molecule has 3 nitrogen and oxygen atoms in total. The zero-order valence-corrected chi connectivity index (χ0v) is 11.0. The van der Waals surface area contributed by atoms with E-state index in [2.05, 4.69) is 0 Å². The van der Waals surface area contributed by atoms with E-state index in [4.69, 9.17) is 5.73 Å². The standard InChI is InChI=1S/C14H17NO2.ClH/c1-2-13(17)14(15)11-4-3-10-8-12(16)6-5-9(10)7-11;/h3-8,13-14,16-17H,2,15H2,1H3;1H/t13-,14+;/m1./s1. The number of halogens is 1. The SMILES string of the molecule is CC[C@@H](O)[C@@H](N)c1ccc2cc(O)ccc2c1.Cl. The Morgan fingerprint density at radius 1 is 1.11 bits per heavy atom. The highest BCUT2D eigenvalue weighted by atomic mass is 35.5. The van der Waals surface area contributed by atoms with E-state index in [1.54, 1.807) is 12.1 Å². The second kappa shape index (κ2) is 6.05. The summed E-state index contributed by atoms with van der Waals surface area (Å²) in [5, 5.41) is 21.1. The van der Waals surface area contributed by atoms with E-state index >= 15 is 0 Å². The topological polar surface area (TPSA) is 66.5 Å². The van der Waals surface area contributed by atoms with Crippen molar-refractivity contribution in [1.29, 1.82) is 0 Å². The predicted octanol–water partition coefficient (Wildman–Crippen LogP) is 2.74. The average Bonchev–Trinajstić information content (AvgIpc) is 2.36. The van der Waals surface area contributed by atoms with Gasteiger partial charge in [0.1, 0.15) is 5.75 Å². The first-order chi connectivity index (χ1) is 8.11. The van der Waals surface area contributed by atoms with Crippen molar-refractivity contribution < 1.29 is 10.2 Å². The quantitative estimate of drug-likeness (QED) is 0.801. The molecule has 0 saturated carbocycles. The van der Waals surface area contributed by atoms with E-state index in [0.29, 0.717) is 6.42 Å². The van der Waals surface area contributed by atoms with Crippen LogP contribution in [0.1, 0.15) is 24.9 Å². The molecule has 4 heteroatoms. The van der Waals surface area contributed by atoms with Gasteiger partial charge in [0.15, 0.2) is 0 Å². The summed E-state index contributed by atoms with van der Waals surface area (Å²) in [5.74, 6) is 0.253. The normalized spacial score (nSPS) is 13.9. The molecule has 0 fully saturated rings. The molecule has 0 aliphatic carbocycles. The van der Waals surface area contributed by atoms with E-state index in [9.17, 15) is 10.2 Å². The van der Waals surface area contributed by atoms with Gasteiger partial charge in [0.25, 0.3) is 0 Å². The minimum absolute atomic E-state index is 0. The molecule has 2 rings (SSSR count). The number of hydrogen-bond acceptors (Lipinski definition) is 3. The van der Waals surface area contributed by atoms with Gasteiger partial charge >= 0.3 is 0 Å². The van der Waals surface area contributed by atoms with Crippen LogP contribution >= 0.6 is 12.4 Å². The number of aliphatic hydroxyl groups excluding tert-OH is 1. The molecule has 0 spiro atoms. The van der Waals surface area contributed by atoms with Crippen LogP contribution in [0.4, 0.5) is 0 Å². The zero-order chi connectivity index (χ0) is 12.4. The van der Waals surface area contributed by atoms with Crippen molar-refractivity contribution in [3.63, 3.8) is 0 Å². The number of fused-ring (bicyclic) bond motifs is 1. The molecule has 0 aliphatic heterocycles. The lowest BCUT2D eigenvalue weighted by molar-refractivity contribution is 0.141. The van der Waals surface area contributed by atoms with Gasteiger partial charge in [0.2, 0.25) is 0 Å². The molecular formula is C14H18ClNO2. The van der Waals surface area contributed by atoms with Gasteiger partial charge in [-0.2, -0.15) is 0 Å². The van der Waals surface area contributed by atoms with Crippen molar-refractivity contribution in [3.8, 4) is 5.75 Å². The van der Waals surface area contributed by atoms with Crippen molar-refractivity contribution in [1.82, 2.24) is 0 Å². The van der Waals surface area contributed by atoms with Gasteiger partial charge in [-0.3, -0.25) is 0 Å². The van der Waals surface area contributed by atoms with Gasteiger partial charge in [-0.05, 0) is 41.0 Å². The molecule has 18 heavy (non-hydrogen) atoms. The average molecular weight is 268 g/mol. The number of hydrogen-bond donors (Lipinski definition) is 3. The smallest absolute Gasteiger partial charge is 0.116 e. The van der Waals surface area contributed by atoms with Crippen LogP contribution in [0, 0.1) is 0 Å². The first-order valence-corrected chi connectivity index (χ1v) is 5.78. The molecule has 0 heterocycles. The molecule has 2 aromatic carbocycles. The highest BCUT2D eigenvalue weighted by Gasteiger charge is 2.14. The van der Waals surface area contributed by atoms with Crippen LogP contribution in [-0.4, -0.2) is 16.3 Å². The molecule has 4 N–H and O–H groups in total. The van der Waals surface area contributed by atoms with Crippen LogP contribution in [-0.2, 0) is 0 Å². The Hall–Kier alpha value is -1.29. The fraction of sp³-hybridized carbons (Fsp3) is 0.286. The third-order valence-electron chi connectivity index (χ3n) is 3.07. The maximum Gasteiger partial charge on any atom is 0.116 e. The molecule has 0 unspecified atom stereocenters. The van der Waals surface area contributed by atoms with Crippen molar-refractivity contribution in [2.24, 2.45) is 5.73 Å². The lowest BCUT2D eigenvalue weighted by Crippen LogP contribution is -2.25. The molecule has 2 atom stereocenters. The number of benzene rings is 2. The van der Waals surface area contributed by atoms with Crippen LogP contribution in [0.2, 0.25) is 0 Å². The molecule has 2 aromatic rings. The largest absolute Gasteiger partial charge is 0.508 e. The lowest BCUT2D eigenvalue weighted by atomic mass is 9.97. The maximum atomic E-state index is 9.73. The summed E-state index contributed by atoms with van der Waals surface area (Å²) < 4.78 is 0. The summed E-state index contributed by atoms with van der Waals surface area (Å²) in [4.78, 5) is 0. The highest BCUT2D eigenvalue weighted by Crippen LogP contribution is 2.24. The summed E-state index contributed by atoms with van der Waals surface area (Å²) in [6.07, 6.45) is 0.110. The Morgan fingerprint density at radius 3 is 2.39 bits per heavy atom. The fourth-order valence-corrected chi connectivity index (χ4v) is 1.94. The molecule has 0 aliphatic rings. The van der Waals surface area contributed by atoms with Crippen LogP contribution in [0.5, 0.6) is 5.75 Å². The Kier molecular flexibility index (Phi) is 4.96. The first kappa shape index (κ1) is 14.8. The van der Waals surface area contributed by atoms with Crippen LogP contribution in [0.15, 0.2) is 36.4 Å². The zero-order valence-electron chi connectivity index (χ0n) is 10.2. The van der Waals surface area contributed by atoms with Crippen molar-refractivity contribution in [2.45, 2.75) is 25.5 Å². The fourth-order valence-electron chi connectivity index (χ4n) is 1.94. The summed E-state index contributed by atoms with van der Waals surface area (Å²) >= 11 is 0. The number of aromatic hydroxyl groups is 1. The van der Waals surface area contributed by atoms with Crippen molar-refractivity contribution in [2.75, 3.05) is 0 Å². The second-order valence-electron chi connectivity index (χ2n) is 4.29. The summed E-state index contributed by atoms with van der Waals surface area (Å²) in [6.45, 7) is 1.91. The lowest BCUT2D eigenvalue weighted by Gasteiger charge is -2.18. The van der Waals surface area contributed by atoms with Crippen LogP contribution in [0.3, 0.4) is 0 Å². The van der Waals surface area contributed by atoms with Crippen LogP contribution < -0.4 is 5.73 Å². The van der Waals surface area contributed by atoms with E-state index < -0.39 is 6.10 Å². The summed E-state index contributed by atoms with van der Waals surface area (Å²) in [7, 11) is 0. The van der Waals surface area contributed by atoms with Gasteiger partial charge in [-0.15, -0.1) is 12.4 Å². The molecule has 0 bridgehead atoms. The summed E-state index contributed by atoms with van der Waals surface area (Å²) in [5.41, 5.74) is 6.88. The maximum absolute atomic E-state index is 9.73. The predicted molar refractivity (Wildman–Crippen MR) is 76.1 cm³/mol. The van der Waals surface area contributed by atoms with E-state index in [0.717, 1.165) is 16.3 Å². The van der Waals surface area contributed by atoms with Crippen molar-refractivity contribution in [3.05, 3.63) is 42.0 Å². The highest BCUT2D eigenvalue weighted by molar-refractivity contribution is 5.85. The molecule has 0 amide bonds. The van der Waals surface area contributed by atoms with Gasteiger partial charge in [0.05, 0.1) is 12.1 Å². The number of nitrogens with two attached hydrogens (primary N) is 1. The first-order valence-electron chi connectivity index (χ1n) is 5.78. The number of phenolic OH excluding ortho intramolecular Hbond substituents is 1. The van der Waals surface area contributed by atoms with Gasteiger partial charge in [0, 0.05) is 0 Å². The minimum atomic E-state index is -0.524. The van der Waals surface area contributed by atoms with Gasteiger partial charge in [-0.25, -0.2) is 0 Å². The molecular weight excluding hydrogens is 250 g/mol. The third kappa shape index (κ3) is 2.93. The van der Waals surface area contributed by atoms with Crippen molar-refractivity contribution >= 4 is 23.2 Å².